The molecule has 48 valence electrons. The minimum Gasteiger partial charge on any atom is -0.870 e. The van der Waals surface area contributed by atoms with Gasteiger partial charge in [-0.25, -0.2) is 0 Å². The van der Waals surface area contributed by atoms with E-state index in [2.05, 4.69) is 0 Å². The standard InChI is InChI=1S/Li.6H2O/h;6*1H2/q+1;;;;;;/p-1. The van der Waals surface area contributed by atoms with Crippen molar-refractivity contribution in [3.05, 3.63) is 0 Å². The van der Waals surface area contributed by atoms with Crippen LogP contribution in [0.5, 0.6) is 0 Å². The topological polar surface area (TPSA) is 188 Å². The van der Waals surface area contributed by atoms with E-state index in [1.165, 1.54) is 0 Å². The maximum Gasteiger partial charge on any atom is 1.00 e. The zero-order chi connectivity index (χ0) is 0. The van der Waals surface area contributed by atoms with E-state index in [1.54, 1.807) is 0 Å². The minimum absolute atomic E-state index is 0. The van der Waals surface area contributed by atoms with E-state index >= 15 is 0 Å². The van der Waals surface area contributed by atoms with E-state index in [1.807, 2.05) is 0 Å². The van der Waals surface area contributed by atoms with Crippen LogP contribution in [0.4, 0.5) is 0 Å². The Hall–Kier alpha value is 0.357. The Balaban J connectivity index is 0. The van der Waals surface area contributed by atoms with Gasteiger partial charge in [-0.15, -0.1) is 0 Å². The van der Waals surface area contributed by atoms with Crippen LogP contribution in [0.1, 0.15) is 0 Å². The molecule has 0 radical (unpaired) electrons. The van der Waals surface area contributed by atoms with Gasteiger partial charge in [-0.3, -0.25) is 0 Å². The number of hydrogen-bond donors (Lipinski definition) is 0. The van der Waals surface area contributed by atoms with Crippen LogP contribution >= 0.6 is 0 Å². The van der Waals surface area contributed by atoms with Gasteiger partial charge in [-0.05, 0) is 0 Å². The third kappa shape index (κ3) is 945. The molecule has 11 N–H and O–H groups in total. The average Bonchev–Trinajstić information content (AvgIpc) is 0. The molecule has 0 aromatic rings. The molecule has 7 heavy (non-hydrogen) atoms. The summed E-state index contributed by atoms with van der Waals surface area (Å²) in [5.41, 5.74) is 0. The summed E-state index contributed by atoms with van der Waals surface area (Å²) >= 11 is 0. The van der Waals surface area contributed by atoms with Crippen molar-refractivity contribution in [3.8, 4) is 0 Å². The molecule has 0 aliphatic rings. The normalized spacial score (nSPS) is 0. The quantitative estimate of drug-likeness (QED) is 0.278. The fraction of sp³-hybridized carbons (Fsp3) is 0. The maximum absolute atomic E-state index is 0. The summed E-state index contributed by atoms with van der Waals surface area (Å²) < 4.78 is 0. The minimum atomic E-state index is 0. The van der Waals surface area contributed by atoms with Crippen LogP contribution < -0.4 is 18.9 Å². The van der Waals surface area contributed by atoms with Crippen LogP contribution in [0, 0.1) is 0 Å². The van der Waals surface area contributed by atoms with Gasteiger partial charge in [0, 0.05) is 0 Å². The van der Waals surface area contributed by atoms with Gasteiger partial charge < -0.3 is 32.9 Å². The molecule has 0 fully saturated rings. The molecule has 0 saturated heterocycles. The first-order valence-electron chi connectivity index (χ1n) is 0. The molecule has 0 amide bonds. The maximum atomic E-state index is 0. The number of hydrogen-bond acceptors (Lipinski definition) is 1. The summed E-state index contributed by atoms with van der Waals surface area (Å²) in [6, 6.07) is 0. The Morgan fingerprint density at radius 1 is 0.429 bits per heavy atom. The molecule has 6 nitrogen and oxygen atoms in total. The summed E-state index contributed by atoms with van der Waals surface area (Å²) in [5.74, 6) is 0. The Morgan fingerprint density at radius 2 is 0.429 bits per heavy atom. The third-order valence-electron chi connectivity index (χ3n) is 0. The van der Waals surface area contributed by atoms with E-state index < -0.39 is 0 Å². The Kier molecular flexibility index (Phi) is 475000. The predicted octanol–water partition coefficient (Wildman–Crippen LogP) is -7.30. The van der Waals surface area contributed by atoms with Crippen molar-refractivity contribution in [3.63, 3.8) is 0 Å². The third-order valence-corrected chi connectivity index (χ3v) is 0. The molecule has 7 heteroatoms. The van der Waals surface area contributed by atoms with Crippen LogP contribution in [0.3, 0.4) is 0 Å². The van der Waals surface area contributed by atoms with Gasteiger partial charge >= 0.3 is 18.9 Å². The summed E-state index contributed by atoms with van der Waals surface area (Å²) in [6.07, 6.45) is 0. The average molecular weight is 114 g/mol. The molecule has 0 aliphatic carbocycles. The summed E-state index contributed by atoms with van der Waals surface area (Å²) in [5, 5.41) is 0. The summed E-state index contributed by atoms with van der Waals surface area (Å²) in [6.45, 7) is 0. The van der Waals surface area contributed by atoms with Gasteiger partial charge in [0.1, 0.15) is 0 Å². The van der Waals surface area contributed by atoms with Gasteiger partial charge in [0.15, 0.2) is 0 Å². The molecule has 0 aliphatic heterocycles. The molecular weight excluding hydrogens is 103 g/mol. The molecule has 0 aromatic carbocycles. The van der Waals surface area contributed by atoms with Gasteiger partial charge in [0.25, 0.3) is 0 Å². The zero-order valence-electron chi connectivity index (χ0n) is 3.95. The van der Waals surface area contributed by atoms with Gasteiger partial charge in [0.05, 0.1) is 0 Å². The van der Waals surface area contributed by atoms with Crippen molar-refractivity contribution in [2.45, 2.75) is 0 Å². The van der Waals surface area contributed by atoms with Crippen LogP contribution in [0.25, 0.3) is 0 Å². The van der Waals surface area contributed by atoms with Crippen molar-refractivity contribution in [2.24, 2.45) is 0 Å². The number of rotatable bonds is 0. The van der Waals surface area contributed by atoms with E-state index in [-0.39, 0.29) is 51.7 Å². The molecule has 0 rings (SSSR count). The molecule has 0 bridgehead atoms. The van der Waals surface area contributed by atoms with Crippen LogP contribution in [-0.2, 0) is 0 Å². The van der Waals surface area contributed by atoms with E-state index in [4.69, 9.17) is 0 Å². The summed E-state index contributed by atoms with van der Waals surface area (Å²) in [4.78, 5) is 0. The van der Waals surface area contributed by atoms with E-state index in [9.17, 15) is 0 Å². The molecule has 0 atom stereocenters. The van der Waals surface area contributed by atoms with Gasteiger partial charge in [-0.1, -0.05) is 0 Å². The smallest absolute Gasteiger partial charge is 0.870 e. The fourth-order valence-electron chi connectivity index (χ4n) is 0. The van der Waals surface area contributed by atoms with Crippen LogP contribution in [-0.4, -0.2) is 32.9 Å². The SMILES string of the molecule is O.O.O.O.O.[Li+].[OH-]. The van der Waals surface area contributed by atoms with Crippen LogP contribution in [0.15, 0.2) is 0 Å². The zero-order valence-corrected chi connectivity index (χ0v) is 3.95. The molecule has 0 heterocycles. The van der Waals surface area contributed by atoms with Crippen molar-refractivity contribution in [1.82, 2.24) is 0 Å². The first-order chi connectivity index (χ1) is 0. The molecule has 0 unspecified atom stereocenters. The molecule has 0 aromatic heterocycles. The second-order valence-electron chi connectivity index (χ2n) is 0. The first kappa shape index (κ1) is 2330. The monoisotopic (exact) mass is 114 g/mol. The van der Waals surface area contributed by atoms with E-state index in [0.717, 1.165) is 0 Å². The summed E-state index contributed by atoms with van der Waals surface area (Å²) in [7, 11) is 0. The predicted molar refractivity (Wildman–Crippen MR) is 20.0 cm³/mol. The Bertz CT molecular complexity index is 4.14. The fourth-order valence-corrected chi connectivity index (χ4v) is 0. The molecular formula is H11LiO6. The van der Waals surface area contributed by atoms with Crippen molar-refractivity contribution in [2.75, 3.05) is 0 Å². The second-order valence-corrected chi connectivity index (χ2v) is 0. The Labute approximate surface area is 52.6 Å². The van der Waals surface area contributed by atoms with Crippen molar-refractivity contribution < 1.29 is 51.7 Å². The van der Waals surface area contributed by atoms with Gasteiger partial charge in [0.2, 0.25) is 0 Å². The second kappa shape index (κ2) is 1430. The van der Waals surface area contributed by atoms with Crippen molar-refractivity contribution >= 4 is 0 Å². The largest absolute Gasteiger partial charge is 1.00 e. The van der Waals surface area contributed by atoms with Gasteiger partial charge in [-0.2, -0.15) is 0 Å². The van der Waals surface area contributed by atoms with E-state index in [0.29, 0.717) is 0 Å². The molecule has 0 saturated carbocycles. The van der Waals surface area contributed by atoms with Crippen LogP contribution in [0.2, 0.25) is 0 Å². The van der Waals surface area contributed by atoms with Crippen molar-refractivity contribution in [1.29, 1.82) is 0 Å². The first-order valence-corrected chi connectivity index (χ1v) is 0. The molecule has 0 spiro atoms. The Morgan fingerprint density at radius 3 is 0.429 bits per heavy atom.